The molecule has 0 unspecified atom stereocenters. The van der Waals surface area contributed by atoms with Gasteiger partial charge in [-0.25, -0.2) is 4.68 Å². The molecule has 1 saturated heterocycles. The van der Waals surface area contributed by atoms with Gasteiger partial charge in [0, 0.05) is 24.1 Å². The largest absolute Gasteiger partial charge is 0.376 e. The van der Waals surface area contributed by atoms with Crippen LogP contribution in [0.4, 0.5) is 5.82 Å². The van der Waals surface area contributed by atoms with Crippen molar-refractivity contribution in [3.8, 4) is 5.69 Å². The Bertz CT molecular complexity index is 1420. The van der Waals surface area contributed by atoms with E-state index in [0.717, 1.165) is 53.1 Å². The van der Waals surface area contributed by atoms with E-state index < -0.39 is 0 Å². The van der Waals surface area contributed by atoms with Crippen molar-refractivity contribution in [2.45, 2.75) is 71.2 Å². The molecule has 40 heavy (non-hydrogen) atoms. The number of amides is 2. The van der Waals surface area contributed by atoms with Crippen LogP contribution in [0.15, 0.2) is 42.5 Å². The van der Waals surface area contributed by atoms with Crippen molar-refractivity contribution in [1.82, 2.24) is 15.1 Å². The van der Waals surface area contributed by atoms with Crippen molar-refractivity contribution < 1.29 is 14.3 Å². The van der Waals surface area contributed by atoms with Gasteiger partial charge in [0.2, 0.25) is 11.8 Å². The summed E-state index contributed by atoms with van der Waals surface area (Å²) < 4.78 is 7.60. The Labute approximate surface area is 241 Å². The summed E-state index contributed by atoms with van der Waals surface area (Å²) in [6, 6.07) is 14.7. The first kappa shape index (κ1) is 28.4. The molecule has 1 aromatic heterocycles. The lowest BCUT2D eigenvalue weighted by Crippen LogP contribution is -2.44. The Morgan fingerprint density at radius 3 is 2.58 bits per heavy atom. The van der Waals surface area contributed by atoms with E-state index in [4.69, 9.17) is 9.84 Å². The average molecular weight is 561 g/mol. The average Bonchev–Trinajstić information content (AvgIpc) is 3.52. The Hall–Kier alpha value is -3.10. The lowest BCUT2D eigenvalue weighted by Gasteiger charge is -2.25. The van der Waals surface area contributed by atoms with Gasteiger partial charge in [-0.1, -0.05) is 68.3 Å². The fraction of sp³-hybridized carbons (Fsp3) is 0.469. The molecule has 2 atom stereocenters. The monoisotopic (exact) mass is 560 g/mol. The third kappa shape index (κ3) is 5.84. The zero-order valence-electron chi connectivity index (χ0n) is 24.4. The van der Waals surface area contributed by atoms with Crippen molar-refractivity contribution >= 4 is 29.4 Å². The van der Waals surface area contributed by atoms with Gasteiger partial charge in [-0.15, -0.1) is 11.8 Å². The zero-order valence-corrected chi connectivity index (χ0v) is 25.2. The summed E-state index contributed by atoms with van der Waals surface area (Å²) in [4.78, 5) is 28.8. The highest BCUT2D eigenvalue weighted by Gasteiger charge is 2.40. The predicted molar refractivity (Wildman–Crippen MR) is 162 cm³/mol. The van der Waals surface area contributed by atoms with E-state index in [0.29, 0.717) is 12.4 Å². The number of fused-ring (bicyclic) bond motifs is 1. The van der Waals surface area contributed by atoms with Crippen molar-refractivity contribution in [3.05, 3.63) is 76.0 Å². The molecule has 2 aromatic carbocycles. The molecule has 8 heteroatoms. The van der Waals surface area contributed by atoms with Crippen LogP contribution in [0.3, 0.4) is 0 Å². The molecule has 2 aliphatic heterocycles. The lowest BCUT2D eigenvalue weighted by molar-refractivity contribution is -0.123. The number of carbonyl (C=O) groups excluding carboxylic acids is 2. The molecule has 0 spiro atoms. The third-order valence-electron chi connectivity index (χ3n) is 7.58. The van der Waals surface area contributed by atoms with Gasteiger partial charge in [-0.2, -0.15) is 5.10 Å². The number of hydrogen-bond donors (Lipinski definition) is 1. The van der Waals surface area contributed by atoms with Crippen LogP contribution < -0.4 is 10.2 Å². The molecule has 0 bridgehead atoms. The maximum Gasteiger partial charge on any atom is 0.240 e. The van der Waals surface area contributed by atoms with Crippen molar-refractivity contribution in [1.29, 1.82) is 0 Å². The van der Waals surface area contributed by atoms with E-state index in [-0.39, 0.29) is 40.9 Å². The van der Waals surface area contributed by atoms with E-state index in [1.165, 1.54) is 5.56 Å². The molecule has 7 nitrogen and oxygen atoms in total. The van der Waals surface area contributed by atoms with Crippen LogP contribution in [-0.2, 0) is 19.7 Å². The molecule has 3 aromatic rings. The maximum absolute atomic E-state index is 13.9. The van der Waals surface area contributed by atoms with Crippen molar-refractivity contribution in [2.75, 3.05) is 30.3 Å². The summed E-state index contributed by atoms with van der Waals surface area (Å²) >= 11 is 1.61. The Morgan fingerprint density at radius 2 is 1.90 bits per heavy atom. The molecule has 212 valence electrons. The number of carbonyl (C=O) groups is 2. The summed E-state index contributed by atoms with van der Waals surface area (Å²) in [5, 5.41) is 8.13. The van der Waals surface area contributed by atoms with Crippen LogP contribution in [-0.4, -0.2) is 53.1 Å². The van der Waals surface area contributed by atoms with Crippen molar-refractivity contribution in [3.63, 3.8) is 0 Å². The first-order valence-electron chi connectivity index (χ1n) is 14.1. The summed E-state index contributed by atoms with van der Waals surface area (Å²) in [5.74, 6) is 0.660. The van der Waals surface area contributed by atoms with Gasteiger partial charge in [-0.05, 0) is 50.8 Å². The number of aryl methyl sites for hydroxylation is 3. The van der Waals surface area contributed by atoms with E-state index in [2.05, 4.69) is 89.3 Å². The normalized spacial score (nSPS) is 19.4. The number of benzene rings is 2. The van der Waals surface area contributed by atoms with Gasteiger partial charge in [0.15, 0.2) is 0 Å². The second kappa shape index (κ2) is 11.4. The van der Waals surface area contributed by atoms with Crippen LogP contribution in [0.25, 0.3) is 5.69 Å². The number of thioether (sulfide) groups is 1. The van der Waals surface area contributed by atoms with Crippen LogP contribution in [0.2, 0.25) is 0 Å². The maximum atomic E-state index is 13.9. The minimum absolute atomic E-state index is 0.0360. The standard InChI is InChI=1S/C32H40N4O3S/c1-20-9-7-10-23(16-20)29-28-30(32(4,5)6)34-36(25-13-12-21(2)15-22(25)3)31(28)35(27(38)19-40-29)18-26(37)33-17-24-11-8-14-39-24/h7,9-10,12-13,15-16,24,29H,8,11,14,17-19H2,1-6H3,(H,33,37)/t24-,29+/m1/s1. The molecule has 1 N–H and O–H groups in total. The second-order valence-electron chi connectivity index (χ2n) is 12.1. The smallest absolute Gasteiger partial charge is 0.240 e. The number of hydrogen-bond acceptors (Lipinski definition) is 5. The van der Waals surface area contributed by atoms with Crippen LogP contribution in [0.1, 0.15) is 72.4 Å². The Kier molecular flexibility index (Phi) is 8.11. The van der Waals surface area contributed by atoms with Gasteiger partial charge in [0.05, 0.1) is 28.5 Å². The molecular formula is C32H40N4O3S. The SMILES string of the molecule is Cc1cccc([C@@H]2SCC(=O)N(CC(=O)NC[C@H]3CCCO3)c3c2c(C(C)(C)C)nn3-c2ccc(C)cc2C)c1. The predicted octanol–water partition coefficient (Wildman–Crippen LogP) is 5.56. The molecule has 3 heterocycles. The van der Waals surface area contributed by atoms with Crippen molar-refractivity contribution in [2.24, 2.45) is 0 Å². The lowest BCUT2D eigenvalue weighted by atomic mass is 9.87. The van der Waals surface area contributed by atoms with Gasteiger partial charge in [0.25, 0.3) is 0 Å². The fourth-order valence-electron chi connectivity index (χ4n) is 5.61. The number of ether oxygens (including phenoxy) is 1. The van der Waals surface area contributed by atoms with Crippen LogP contribution in [0.5, 0.6) is 0 Å². The molecule has 2 amide bonds. The zero-order chi connectivity index (χ0) is 28.6. The van der Waals surface area contributed by atoms with Crippen LogP contribution in [0, 0.1) is 20.8 Å². The number of rotatable bonds is 6. The fourth-order valence-corrected chi connectivity index (χ4v) is 6.80. The molecular weight excluding hydrogens is 520 g/mol. The third-order valence-corrected chi connectivity index (χ3v) is 8.83. The molecule has 5 rings (SSSR count). The quantitative estimate of drug-likeness (QED) is 0.427. The van der Waals surface area contributed by atoms with Gasteiger partial charge in [0.1, 0.15) is 12.4 Å². The van der Waals surface area contributed by atoms with E-state index in [9.17, 15) is 9.59 Å². The first-order chi connectivity index (χ1) is 19.0. The van der Waals surface area contributed by atoms with Gasteiger partial charge < -0.3 is 10.1 Å². The second-order valence-corrected chi connectivity index (χ2v) is 13.2. The minimum Gasteiger partial charge on any atom is -0.376 e. The Balaban J connectivity index is 1.68. The molecule has 0 aliphatic carbocycles. The first-order valence-corrected chi connectivity index (χ1v) is 15.2. The number of aromatic nitrogens is 2. The number of nitrogens with zero attached hydrogens (tertiary/aromatic N) is 3. The number of nitrogens with one attached hydrogen (secondary N) is 1. The Morgan fingerprint density at radius 1 is 1.12 bits per heavy atom. The molecule has 0 saturated carbocycles. The van der Waals surface area contributed by atoms with Gasteiger partial charge in [-0.3, -0.25) is 14.5 Å². The van der Waals surface area contributed by atoms with E-state index in [1.54, 1.807) is 16.7 Å². The summed E-state index contributed by atoms with van der Waals surface area (Å²) in [6.07, 6.45) is 1.99. The number of anilines is 1. The van der Waals surface area contributed by atoms with E-state index in [1.807, 2.05) is 4.68 Å². The van der Waals surface area contributed by atoms with Crippen LogP contribution >= 0.6 is 11.8 Å². The highest BCUT2D eigenvalue weighted by Crippen LogP contribution is 2.48. The minimum atomic E-state index is -0.294. The summed E-state index contributed by atoms with van der Waals surface area (Å²) in [7, 11) is 0. The molecule has 0 radical (unpaired) electrons. The highest BCUT2D eigenvalue weighted by atomic mass is 32.2. The summed E-state index contributed by atoms with van der Waals surface area (Å²) in [6.45, 7) is 13.8. The molecule has 2 aliphatic rings. The topological polar surface area (TPSA) is 76.5 Å². The highest BCUT2D eigenvalue weighted by molar-refractivity contribution is 8.00. The van der Waals surface area contributed by atoms with Gasteiger partial charge >= 0.3 is 0 Å². The van der Waals surface area contributed by atoms with E-state index >= 15 is 0 Å². The molecule has 1 fully saturated rings. The summed E-state index contributed by atoms with van der Waals surface area (Å²) in [5.41, 5.74) is 7.06.